The monoisotopic (exact) mass is 370 g/mol. The minimum atomic E-state index is -0.785. The van der Waals surface area contributed by atoms with E-state index in [1.54, 1.807) is 43.3 Å². The Balaban J connectivity index is 1.68. The van der Waals surface area contributed by atoms with Crippen LogP contribution in [-0.4, -0.2) is 37.7 Å². The van der Waals surface area contributed by atoms with Gasteiger partial charge in [0.1, 0.15) is 5.75 Å². The van der Waals surface area contributed by atoms with Crippen molar-refractivity contribution in [1.82, 2.24) is 10.6 Å². The summed E-state index contributed by atoms with van der Waals surface area (Å²) in [5.74, 6) is -0.0835. The first-order chi connectivity index (χ1) is 13.1. The fourth-order valence-electron chi connectivity index (χ4n) is 2.20. The number of amides is 2. The highest BCUT2D eigenvalue weighted by molar-refractivity contribution is 5.94. The highest BCUT2D eigenvalue weighted by atomic mass is 16.7. The Bertz CT molecular complexity index is 760. The summed E-state index contributed by atoms with van der Waals surface area (Å²) in [5, 5.41) is 5.57. The lowest BCUT2D eigenvalue weighted by Crippen LogP contribution is -2.29. The lowest BCUT2D eigenvalue weighted by molar-refractivity contribution is 0.0951. The third-order valence-electron chi connectivity index (χ3n) is 3.54. The molecule has 0 aliphatic rings. The van der Waals surface area contributed by atoms with Gasteiger partial charge in [0.05, 0.1) is 6.61 Å². The number of hydrogen-bond acceptors (Lipinski definition) is 5. The number of carbonyl (C=O) groups is 3. The molecule has 0 saturated heterocycles. The maximum absolute atomic E-state index is 12.1. The highest BCUT2D eigenvalue weighted by Gasteiger charge is 2.08. The lowest BCUT2D eigenvalue weighted by atomic mass is 10.2. The van der Waals surface area contributed by atoms with Gasteiger partial charge in [-0.3, -0.25) is 9.59 Å². The summed E-state index contributed by atoms with van der Waals surface area (Å²) in [7, 11) is 0. The Labute approximate surface area is 157 Å². The molecule has 0 unspecified atom stereocenters. The Morgan fingerprint density at radius 3 is 1.93 bits per heavy atom. The van der Waals surface area contributed by atoms with Crippen molar-refractivity contribution in [3.05, 3.63) is 65.7 Å². The van der Waals surface area contributed by atoms with Gasteiger partial charge in [-0.15, -0.1) is 0 Å². The molecule has 0 saturated carbocycles. The van der Waals surface area contributed by atoms with Crippen LogP contribution in [0.1, 0.15) is 34.1 Å². The number of hydrogen-bond donors (Lipinski definition) is 2. The molecule has 0 aromatic heterocycles. The summed E-state index contributed by atoms with van der Waals surface area (Å²) in [4.78, 5) is 35.2. The SMILES string of the molecule is CCOC(=O)Oc1ccc(C(=O)NCCCNC(=O)c2ccccc2)cc1. The van der Waals surface area contributed by atoms with Gasteiger partial charge in [0.2, 0.25) is 0 Å². The lowest BCUT2D eigenvalue weighted by Gasteiger charge is -2.08. The standard InChI is InChI=1S/C20H22N2O5/c1-2-26-20(25)27-17-11-9-16(10-12-17)19(24)22-14-6-13-21-18(23)15-7-4-3-5-8-15/h3-5,7-12H,2,6,13-14H2,1H3,(H,21,23)(H,22,24). The van der Waals surface area contributed by atoms with Crippen LogP contribution in [0.4, 0.5) is 4.79 Å². The van der Waals surface area contributed by atoms with Crippen LogP contribution < -0.4 is 15.4 Å². The third-order valence-corrected chi connectivity index (χ3v) is 3.54. The van der Waals surface area contributed by atoms with Gasteiger partial charge < -0.3 is 20.1 Å². The van der Waals surface area contributed by atoms with E-state index in [2.05, 4.69) is 15.4 Å². The van der Waals surface area contributed by atoms with Crippen LogP contribution in [0.15, 0.2) is 54.6 Å². The quantitative estimate of drug-likeness (QED) is 0.423. The Kier molecular flexibility index (Phi) is 7.84. The van der Waals surface area contributed by atoms with Gasteiger partial charge in [-0.05, 0) is 49.7 Å². The highest BCUT2D eigenvalue weighted by Crippen LogP contribution is 2.13. The van der Waals surface area contributed by atoms with Gasteiger partial charge in [0.25, 0.3) is 11.8 Å². The fraction of sp³-hybridized carbons (Fsp3) is 0.250. The van der Waals surface area contributed by atoms with Gasteiger partial charge in [0.15, 0.2) is 0 Å². The maximum atomic E-state index is 12.1. The first-order valence-corrected chi connectivity index (χ1v) is 8.66. The van der Waals surface area contributed by atoms with Crippen molar-refractivity contribution in [2.75, 3.05) is 19.7 Å². The molecule has 142 valence electrons. The van der Waals surface area contributed by atoms with Gasteiger partial charge in [0, 0.05) is 24.2 Å². The predicted octanol–water partition coefficient (Wildman–Crippen LogP) is 2.77. The van der Waals surface area contributed by atoms with Crippen molar-refractivity contribution in [1.29, 1.82) is 0 Å². The molecule has 7 heteroatoms. The van der Waals surface area contributed by atoms with Crippen LogP contribution >= 0.6 is 0 Å². The van der Waals surface area contributed by atoms with E-state index in [0.29, 0.717) is 36.4 Å². The van der Waals surface area contributed by atoms with Crippen LogP contribution in [0.2, 0.25) is 0 Å². The van der Waals surface area contributed by atoms with Gasteiger partial charge in [-0.1, -0.05) is 18.2 Å². The van der Waals surface area contributed by atoms with Crippen LogP contribution in [0.5, 0.6) is 5.75 Å². The molecule has 7 nitrogen and oxygen atoms in total. The van der Waals surface area contributed by atoms with Crippen molar-refractivity contribution in [3.8, 4) is 5.75 Å². The molecule has 2 N–H and O–H groups in total. The Morgan fingerprint density at radius 1 is 0.815 bits per heavy atom. The van der Waals surface area contributed by atoms with Crippen molar-refractivity contribution < 1.29 is 23.9 Å². The molecular weight excluding hydrogens is 348 g/mol. The molecular formula is C20H22N2O5. The second-order valence-corrected chi connectivity index (χ2v) is 5.54. The number of carbonyl (C=O) groups excluding carboxylic acids is 3. The van der Waals surface area contributed by atoms with Crippen LogP contribution in [0.25, 0.3) is 0 Å². The zero-order valence-corrected chi connectivity index (χ0v) is 15.1. The summed E-state index contributed by atoms with van der Waals surface area (Å²) in [5.41, 5.74) is 1.05. The summed E-state index contributed by atoms with van der Waals surface area (Å²) < 4.78 is 9.60. The number of rotatable bonds is 8. The topological polar surface area (TPSA) is 93.7 Å². The van der Waals surface area contributed by atoms with Crippen molar-refractivity contribution >= 4 is 18.0 Å². The van der Waals surface area contributed by atoms with Crippen molar-refractivity contribution in [2.24, 2.45) is 0 Å². The molecule has 2 aromatic carbocycles. The molecule has 0 radical (unpaired) electrons. The minimum absolute atomic E-state index is 0.140. The van der Waals surface area contributed by atoms with E-state index in [9.17, 15) is 14.4 Å². The van der Waals surface area contributed by atoms with Crippen LogP contribution in [0, 0.1) is 0 Å². The average molecular weight is 370 g/mol. The Morgan fingerprint density at radius 2 is 1.37 bits per heavy atom. The molecule has 0 fully saturated rings. The molecule has 0 aliphatic heterocycles. The van der Waals surface area contributed by atoms with E-state index >= 15 is 0 Å². The van der Waals surface area contributed by atoms with Crippen molar-refractivity contribution in [2.45, 2.75) is 13.3 Å². The van der Waals surface area contributed by atoms with Crippen molar-refractivity contribution in [3.63, 3.8) is 0 Å². The number of benzene rings is 2. The molecule has 0 spiro atoms. The smallest absolute Gasteiger partial charge is 0.434 e. The molecule has 0 aliphatic carbocycles. The molecule has 2 aromatic rings. The second kappa shape index (κ2) is 10.6. The normalized spacial score (nSPS) is 9.96. The average Bonchev–Trinajstić information content (AvgIpc) is 2.69. The summed E-state index contributed by atoms with van der Waals surface area (Å²) in [6.07, 6.45) is -0.179. The zero-order valence-electron chi connectivity index (χ0n) is 15.1. The minimum Gasteiger partial charge on any atom is -0.434 e. The molecule has 27 heavy (non-hydrogen) atoms. The van der Waals surface area contributed by atoms with Gasteiger partial charge in [-0.25, -0.2) is 4.79 Å². The van der Waals surface area contributed by atoms with E-state index in [1.807, 2.05) is 6.07 Å². The van der Waals surface area contributed by atoms with E-state index in [4.69, 9.17) is 4.74 Å². The summed E-state index contributed by atoms with van der Waals surface area (Å²) in [6.45, 7) is 2.79. The molecule has 0 heterocycles. The number of ether oxygens (including phenoxy) is 2. The zero-order chi connectivity index (χ0) is 19.5. The van der Waals surface area contributed by atoms with E-state index < -0.39 is 6.16 Å². The first-order valence-electron chi connectivity index (χ1n) is 8.66. The third kappa shape index (κ3) is 6.81. The van der Waals surface area contributed by atoms with E-state index in [0.717, 1.165) is 0 Å². The molecule has 0 bridgehead atoms. The maximum Gasteiger partial charge on any atom is 0.513 e. The fourth-order valence-corrected chi connectivity index (χ4v) is 2.20. The van der Waals surface area contributed by atoms with Crippen LogP contribution in [0.3, 0.4) is 0 Å². The largest absolute Gasteiger partial charge is 0.513 e. The number of nitrogens with one attached hydrogen (secondary N) is 2. The van der Waals surface area contributed by atoms with E-state index in [1.165, 1.54) is 12.1 Å². The molecule has 2 rings (SSSR count). The predicted molar refractivity (Wildman–Crippen MR) is 99.8 cm³/mol. The van der Waals surface area contributed by atoms with E-state index in [-0.39, 0.29) is 18.4 Å². The van der Waals surface area contributed by atoms with Gasteiger partial charge >= 0.3 is 6.16 Å². The second-order valence-electron chi connectivity index (χ2n) is 5.54. The van der Waals surface area contributed by atoms with Gasteiger partial charge in [-0.2, -0.15) is 0 Å². The van der Waals surface area contributed by atoms with Crippen LogP contribution in [-0.2, 0) is 4.74 Å². The summed E-state index contributed by atoms with van der Waals surface area (Å²) >= 11 is 0. The molecule has 2 amide bonds. The first kappa shape index (κ1) is 20.0. The molecule has 0 atom stereocenters. The summed E-state index contributed by atoms with van der Waals surface area (Å²) in [6, 6.07) is 15.1. The Hall–Kier alpha value is -3.35.